The van der Waals surface area contributed by atoms with Gasteiger partial charge >= 0.3 is 0 Å². The summed E-state index contributed by atoms with van der Waals surface area (Å²) in [4.78, 5) is 16.2. The number of carbonyl (C=O) groups excluding carboxylic acids is 1. The number of guanidine groups is 1. The maximum absolute atomic E-state index is 12.9. The first kappa shape index (κ1) is 23.8. The predicted molar refractivity (Wildman–Crippen MR) is 120 cm³/mol. The molecule has 1 aliphatic rings. The number of hydrogen-bond donors (Lipinski definition) is 3. The molecule has 1 saturated carbocycles. The molecule has 0 saturated heterocycles. The highest BCUT2D eigenvalue weighted by atomic mass is 127. The molecule has 0 heterocycles. The number of anilines is 1. The van der Waals surface area contributed by atoms with Crippen molar-refractivity contribution in [3.8, 4) is 0 Å². The molecule has 2 rings (SSSR count). The van der Waals surface area contributed by atoms with Gasteiger partial charge in [-0.15, -0.1) is 24.0 Å². The van der Waals surface area contributed by atoms with Crippen LogP contribution in [0.2, 0.25) is 0 Å². The van der Waals surface area contributed by atoms with Crippen molar-refractivity contribution in [3.05, 3.63) is 30.1 Å². The summed E-state index contributed by atoms with van der Waals surface area (Å²) >= 11 is 0. The Morgan fingerprint density at radius 3 is 2.63 bits per heavy atom. The summed E-state index contributed by atoms with van der Waals surface area (Å²) in [6.45, 7) is 2.00. The van der Waals surface area contributed by atoms with Gasteiger partial charge in [0, 0.05) is 40.6 Å². The van der Waals surface area contributed by atoms with Gasteiger partial charge < -0.3 is 16.0 Å². The van der Waals surface area contributed by atoms with Crippen molar-refractivity contribution < 1.29 is 13.4 Å². The topological polar surface area (TPSA) is 82.6 Å². The Labute approximate surface area is 179 Å². The van der Waals surface area contributed by atoms with E-state index >= 15 is 0 Å². The Morgan fingerprint density at radius 1 is 1.30 bits per heavy atom. The average Bonchev–Trinajstić information content (AvgIpc) is 2.66. The third kappa shape index (κ3) is 8.12. The van der Waals surface area contributed by atoms with Crippen molar-refractivity contribution in [3.63, 3.8) is 0 Å². The first-order valence-electron chi connectivity index (χ1n) is 8.91. The lowest BCUT2D eigenvalue weighted by molar-refractivity contribution is -0.115. The largest absolute Gasteiger partial charge is 0.354 e. The number of amides is 1. The molecule has 0 radical (unpaired) electrons. The lowest BCUT2D eigenvalue weighted by Crippen LogP contribution is -2.48. The maximum atomic E-state index is 12.9. The number of benzene rings is 1. The molecule has 6 nitrogen and oxygen atoms in total. The van der Waals surface area contributed by atoms with Gasteiger partial charge in [-0.25, -0.2) is 4.39 Å². The van der Waals surface area contributed by atoms with Crippen molar-refractivity contribution in [1.82, 2.24) is 10.6 Å². The Hall–Kier alpha value is -1.23. The fourth-order valence-electron chi connectivity index (χ4n) is 3.04. The zero-order valence-corrected chi connectivity index (χ0v) is 18.8. The molecule has 27 heavy (non-hydrogen) atoms. The first-order valence-corrected chi connectivity index (χ1v) is 10.3. The van der Waals surface area contributed by atoms with E-state index in [1.165, 1.54) is 24.3 Å². The van der Waals surface area contributed by atoms with E-state index in [1.807, 2.05) is 6.92 Å². The summed E-state index contributed by atoms with van der Waals surface area (Å²) in [6, 6.07) is 5.81. The number of rotatable bonds is 6. The molecule has 152 valence electrons. The molecule has 3 atom stereocenters. The second kappa shape index (κ2) is 12.3. The molecule has 9 heteroatoms. The maximum Gasteiger partial charge on any atom is 0.243 e. The Morgan fingerprint density at radius 2 is 2.00 bits per heavy atom. The first-order chi connectivity index (χ1) is 12.5. The monoisotopic (exact) mass is 510 g/mol. The van der Waals surface area contributed by atoms with Gasteiger partial charge in [0.25, 0.3) is 0 Å². The summed E-state index contributed by atoms with van der Waals surface area (Å²) in [5.74, 6) is 0.648. The molecule has 0 aromatic heterocycles. The van der Waals surface area contributed by atoms with Crippen molar-refractivity contribution in [2.75, 3.05) is 24.7 Å². The van der Waals surface area contributed by atoms with Gasteiger partial charge in [-0.1, -0.05) is 13.3 Å². The van der Waals surface area contributed by atoms with Crippen LogP contribution in [0.25, 0.3) is 0 Å². The van der Waals surface area contributed by atoms with Gasteiger partial charge in [0.05, 0.1) is 6.54 Å². The summed E-state index contributed by atoms with van der Waals surface area (Å²) < 4.78 is 24.9. The van der Waals surface area contributed by atoms with Gasteiger partial charge in [-0.3, -0.25) is 14.0 Å². The average molecular weight is 510 g/mol. The fourth-order valence-corrected chi connectivity index (χ4v) is 4.39. The summed E-state index contributed by atoms with van der Waals surface area (Å²) in [5.41, 5.74) is 0.540. The van der Waals surface area contributed by atoms with Gasteiger partial charge in [-0.05, 0) is 43.5 Å². The van der Waals surface area contributed by atoms with E-state index in [2.05, 4.69) is 20.9 Å². The standard InChI is InChI=1S/C18H27FN4O2S.HI/c1-3-26(25)16-6-4-5-15(11-16)23-18(20-2)21-12-17(24)22-14-9-7-13(19)8-10-14;/h7-10,15-16H,3-6,11-12H2,1-2H3,(H,22,24)(H2,20,21,23);1H. The molecule has 1 aromatic carbocycles. The molecule has 3 N–H and O–H groups in total. The molecule has 0 bridgehead atoms. The molecular formula is C18H28FIN4O2S. The zero-order chi connectivity index (χ0) is 18.9. The number of nitrogens with one attached hydrogen (secondary N) is 3. The van der Waals surface area contributed by atoms with Gasteiger partial charge in [0.1, 0.15) is 5.82 Å². The Kier molecular flexibility index (Phi) is 10.8. The molecular weight excluding hydrogens is 482 g/mol. The van der Waals surface area contributed by atoms with Crippen molar-refractivity contribution in [2.24, 2.45) is 4.99 Å². The van der Waals surface area contributed by atoms with Gasteiger partial charge in [-0.2, -0.15) is 0 Å². The highest BCUT2D eigenvalue weighted by molar-refractivity contribution is 14.0. The highest BCUT2D eigenvalue weighted by Gasteiger charge is 2.26. The van der Waals surface area contributed by atoms with Crippen molar-refractivity contribution in [1.29, 1.82) is 0 Å². The SMILES string of the molecule is CCS(=O)C1CCCC(NC(=NC)NCC(=O)Nc2ccc(F)cc2)C1.I. The van der Waals surface area contributed by atoms with Crippen molar-refractivity contribution >= 4 is 52.3 Å². The quantitative estimate of drug-likeness (QED) is 0.312. The van der Waals surface area contributed by atoms with Crippen LogP contribution < -0.4 is 16.0 Å². The highest BCUT2D eigenvalue weighted by Crippen LogP contribution is 2.22. The van der Waals surface area contributed by atoms with E-state index in [1.54, 1.807) is 7.05 Å². The van der Waals surface area contributed by atoms with Crippen LogP contribution in [0.4, 0.5) is 10.1 Å². The number of carbonyl (C=O) groups is 1. The Bertz CT molecular complexity index is 657. The van der Waals surface area contributed by atoms with E-state index in [-0.39, 0.29) is 53.5 Å². The minimum absolute atomic E-state index is 0. The third-order valence-electron chi connectivity index (χ3n) is 4.39. The molecule has 1 amide bonds. The van der Waals surface area contributed by atoms with E-state index in [9.17, 15) is 13.4 Å². The second-order valence-corrected chi connectivity index (χ2v) is 8.29. The van der Waals surface area contributed by atoms with Gasteiger partial charge in [0.2, 0.25) is 5.91 Å². The normalized spacial score (nSPS) is 20.9. The van der Waals surface area contributed by atoms with Crippen LogP contribution in [0.5, 0.6) is 0 Å². The third-order valence-corrected chi connectivity index (χ3v) is 6.13. The molecule has 0 spiro atoms. The minimum Gasteiger partial charge on any atom is -0.354 e. The van der Waals surface area contributed by atoms with Gasteiger partial charge in [0.15, 0.2) is 5.96 Å². The fraction of sp³-hybridized carbons (Fsp3) is 0.556. The smallest absolute Gasteiger partial charge is 0.243 e. The summed E-state index contributed by atoms with van der Waals surface area (Å²) in [6.07, 6.45) is 3.89. The minimum atomic E-state index is -0.777. The van der Waals surface area contributed by atoms with Crippen LogP contribution >= 0.6 is 24.0 Å². The van der Waals surface area contributed by atoms with Crippen LogP contribution in [-0.2, 0) is 15.6 Å². The predicted octanol–water partition coefficient (Wildman–Crippen LogP) is 2.63. The lowest BCUT2D eigenvalue weighted by Gasteiger charge is -2.30. The van der Waals surface area contributed by atoms with Crippen LogP contribution in [0.3, 0.4) is 0 Å². The number of nitrogens with zero attached hydrogens (tertiary/aromatic N) is 1. The van der Waals surface area contributed by atoms with Crippen LogP contribution in [0.15, 0.2) is 29.3 Å². The van der Waals surface area contributed by atoms with Crippen LogP contribution in [0.1, 0.15) is 32.6 Å². The Balaban J connectivity index is 0.00000364. The van der Waals surface area contributed by atoms with E-state index in [4.69, 9.17) is 0 Å². The van der Waals surface area contributed by atoms with Crippen molar-refractivity contribution in [2.45, 2.75) is 43.9 Å². The second-order valence-electron chi connectivity index (χ2n) is 6.28. The molecule has 1 aromatic rings. The number of aliphatic imine (C=N–C) groups is 1. The molecule has 1 aliphatic carbocycles. The van der Waals surface area contributed by atoms with E-state index in [0.29, 0.717) is 17.4 Å². The summed E-state index contributed by atoms with van der Waals surface area (Å²) in [7, 11) is 0.873. The van der Waals surface area contributed by atoms with Crippen LogP contribution in [0, 0.1) is 5.82 Å². The molecule has 0 aliphatic heterocycles. The van der Waals surface area contributed by atoms with E-state index in [0.717, 1.165) is 25.7 Å². The number of hydrogen-bond acceptors (Lipinski definition) is 3. The lowest BCUT2D eigenvalue weighted by atomic mass is 9.95. The number of halogens is 2. The molecule has 3 unspecified atom stereocenters. The van der Waals surface area contributed by atoms with Crippen LogP contribution in [-0.4, -0.2) is 46.7 Å². The summed E-state index contributed by atoms with van der Waals surface area (Å²) in [5, 5.41) is 9.22. The molecule has 1 fully saturated rings. The van der Waals surface area contributed by atoms with E-state index < -0.39 is 10.8 Å². The zero-order valence-electron chi connectivity index (χ0n) is 15.7.